The van der Waals surface area contributed by atoms with Gasteiger partial charge < -0.3 is 15.8 Å². The number of aromatic nitrogens is 2. The van der Waals surface area contributed by atoms with Crippen molar-refractivity contribution in [3.8, 4) is 21.3 Å². The van der Waals surface area contributed by atoms with E-state index in [2.05, 4.69) is 14.7 Å². The van der Waals surface area contributed by atoms with Gasteiger partial charge in [-0.1, -0.05) is 11.3 Å². The maximum Gasteiger partial charge on any atom is 0.259 e. The van der Waals surface area contributed by atoms with E-state index in [9.17, 15) is 9.59 Å². The van der Waals surface area contributed by atoms with Crippen LogP contribution >= 0.6 is 22.9 Å². The molecule has 1 amide bonds. The fraction of sp³-hybridized carbons (Fsp3) is 0.333. The minimum atomic E-state index is -0.436. The molecule has 9 heteroatoms. The zero-order valence-electron chi connectivity index (χ0n) is 16.4. The fourth-order valence-corrected chi connectivity index (χ4v) is 5.67. The molecule has 0 radical (unpaired) electrons. The number of hydrogen-bond acceptors (Lipinski definition) is 8. The van der Waals surface area contributed by atoms with Gasteiger partial charge in [0.2, 0.25) is 0 Å². The van der Waals surface area contributed by atoms with E-state index >= 15 is 0 Å². The number of rotatable bonds is 7. The molecule has 1 fully saturated rings. The third-order valence-electron chi connectivity index (χ3n) is 5.43. The molecular formula is C21H20N4O3S2. The Morgan fingerprint density at radius 3 is 2.87 bits per heavy atom. The van der Waals surface area contributed by atoms with Gasteiger partial charge in [0.25, 0.3) is 5.91 Å². The van der Waals surface area contributed by atoms with E-state index < -0.39 is 5.91 Å². The largest absolute Gasteiger partial charge is 0.444 e. The zero-order chi connectivity index (χ0) is 20.8. The number of ketones is 1. The Kier molecular flexibility index (Phi) is 4.79. The van der Waals surface area contributed by atoms with Crippen molar-refractivity contribution in [1.29, 1.82) is 0 Å². The van der Waals surface area contributed by atoms with Crippen LogP contribution in [0, 0.1) is 12.8 Å². The number of thiophene rings is 1. The van der Waals surface area contributed by atoms with Crippen LogP contribution in [0.25, 0.3) is 10.4 Å². The monoisotopic (exact) mass is 440 g/mol. The van der Waals surface area contributed by atoms with Crippen LogP contribution in [0.15, 0.2) is 18.3 Å². The van der Waals surface area contributed by atoms with E-state index in [1.165, 1.54) is 28.4 Å². The van der Waals surface area contributed by atoms with Gasteiger partial charge in [0.15, 0.2) is 10.8 Å². The molecule has 1 saturated carbocycles. The van der Waals surface area contributed by atoms with Crippen LogP contribution in [0.4, 0.5) is 5.82 Å². The predicted octanol–water partition coefficient (Wildman–Crippen LogP) is 3.96. The van der Waals surface area contributed by atoms with E-state index in [1.54, 1.807) is 6.07 Å². The lowest BCUT2D eigenvalue weighted by Gasteiger charge is -2.15. The van der Waals surface area contributed by atoms with Gasteiger partial charge in [0, 0.05) is 12.1 Å². The van der Waals surface area contributed by atoms with Crippen molar-refractivity contribution in [3.05, 3.63) is 40.0 Å². The molecular weight excluding hydrogens is 420 g/mol. The highest BCUT2D eigenvalue weighted by Crippen LogP contribution is 2.50. The van der Waals surface area contributed by atoms with Gasteiger partial charge in [-0.05, 0) is 67.4 Å². The number of fused-ring (bicyclic) bond motifs is 3. The summed E-state index contributed by atoms with van der Waals surface area (Å²) in [4.78, 5) is 30.0. The minimum absolute atomic E-state index is 0.224. The Bertz CT molecular complexity index is 1160. The second kappa shape index (κ2) is 7.48. The molecule has 0 saturated heterocycles. The molecule has 30 heavy (non-hydrogen) atoms. The van der Waals surface area contributed by atoms with Gasteiger partial charge in [0.05, 0.1) is 27.6 Å². The van der Waals surface area contributed by atoms with Crippen LogP contribution in [0.5, 0.6) is 10.8 Å². The van der Waals surface area contributed by atoms with Crippen LogP contribution in [0.3, 0.4) is 0 Å². The maximum absolute atomic E-state index is 12.0. The molecule has 3 aromatic heterocycles. The minimum Gasteiger partial charge on any atom is -0.444 e. The number of anilines is 1. The van der Waals surface area contributed by atoms with Crippen molar-refractivity contribution in [2.24, 2.45) is 11.7 Å². The first-order valence-electron chi connectivity index (χ1n) is 9.82. The molecule has 0 aliphatic heterocycles. The molecule has 5 rings (SSSR count). The number of nitrogens with zero attached hydrogens (tertiary/aromatic N) is 2. The fourth-order valence-electron chi connectivity index (χ4n) is 3.67. The molecule has 0 spiro atoms. The Hall–Kier alpha value is -2.78. The first-order chi connectivity index (χ1) is 14.5. The topological polar surface area (TPSA) is 107 Å². The average Bonchev–Trinajstić information content (AvgIpc) is 3.35. The lowest BCUT2D eigenvalue weighted by Crippen LogP contribution is -2.16. The first kappa shape index (κ1) is 19.2. The number of ether oxygens (including phenoxy) is 1. The van der Waals surface area contributed by atoms with Gasteiger partial charge >= 0.3 is 0 Å². The van der Waals surface area contributed by atoms with Gasteiger partial charge in [-0.2, -0.15) is 0 Å². The lowest BCUT2D eigenvalue weighted by atomic mass is 9.93. The number of amides is 1. The molecule has 7 nitrogen and oxygen atoms in total. The summed E-state index contributed by atoms with van der Waals surface area (Å²) in [6, 6.07) is 3.63. The summed E-state index contributed by atoms with van der Waals surface area (Å²) >= 11 is 2.68. The van der Waals surface area contributed by atoms with E-state index in [1.807, 2.05) is 19.2 Å². The quantitative estimate of drug-likeness (QED) is 0.576. The molecule has 3 heterocycles. The van der Waals surface area contributed by atoms with Crippen molar-refractivity contribution in [3.63, 3.8) is 0 Å². The SMILES string of the molecule is Cc1nc(NCC(=O)C2CC2)ccc1Oc1sc(C(N)=O)c2c1-c1sncc1CC2. The summed E-state index contributed by atoms with van der Waals surface area (Å²) in [6.45, 7) is 2.16. The molecule has 0 atom stereocenters. The zero-order valence-corrected chi connectivity index (χ0v) is 18.0. The number of carbonyl (C=O) groups is 2. The van der Waals surface area contributed by atoms with Gasteiger partial charge in [-0.3, -0.25) is 9.59 Å². The molecule has 3 aromatic rings. The summed E-state index contributed by atoms with van der Waals surface area (Å²) < 4.78 is 10.5. The molecule has 154 valence electrons. The number of Topliss-reactive ketones (excluding diaryl/α,β-unsaturated/α-hetero) is 1. The van der Waals surface area contributed by atoms with Crippen LogP contribution in [-0.4, -0.2) is 27.6 Å². The number of nitrogens with two attached hydrogens (primary N) is 1. The third kappa shape index (κ3) is 3.48. The number of pyridine rings is 1. The Balaban J connectivity index is 1.42. The van der Waals surface area contributed by atoms with E-state index in [4.69, 9.17) is 10.5 Å². The van der Waals surface area contributed by atoms with Gasteiger partial charge in [-0.25, -0.2) is 9.36 Å². The first-order valence-corrected chi connectivity index (χ1v) is 11.4. The summed E-state index contributed by atoms with van der Waals surface area (Å²) in [5, 5.41) is 3.73. The van der Waals surface area contributed by atoms with E-state index in [-0.39, 0.29) is 11.7 Å². The highest BCUT2D eigenvalue weighted by atomic mass is 32.1. The summed E-state index contributed by atoms with van der Waals surface area (Å²) in [7, 11) is 0. The highest BCUT2D eigenvalue weighted by molar-refractivity contribution is 7.17. The standard InChI is InChI=1S/C21H20N4O3S2/c1-10-15(6-7-16(25-10)23-9-14(26)11-2-3-11)28-21-17-13(19(29-21)20(22)27)5-4-12-8-24-30-18(12)17/h6-8,11H,2-5,9H2,1H3,(H2,22,27)(H,23,25). The Labute approximate surface area is 181 Å². The summed E-state index contributed by atoms with van der Waals surface area (Å²) in [5.41, 5.74) is 9.36. The average molecular weight is 441 g/mol. The van der Waals surface area contributed by atoms with Crippen molar-refractivity contribution in [1.82, 2.24) is 9.36 Å². The van der Waals surface area contributed by atoms with Crippen LogP contribution in [-0.2, 0) is 17.6 Å². The molecule has 0 bridgehead atoms. The van der Waals surface area contributed by atoms with Crippen LogP contribution in [0.1, 0.15) is 39.3 Å². The maximum atomic E-state index is 12.0. The number of carbonyl (C=O) groups excluding carboxylic acids is 2. The van der Waals surface area contributed by atoms with Crippen molar-refractivity contribution in [2.75, 3.05) is 11.9 Å². The van der Waals surface area contributed by atoms with E-state index in [0.717, 1.165) is 41.7 Å². The van der Waals surface area contributed by atoms with Crippen molar-refractivity contribution >= 4 is 40.4 Å². The Morgan fingerprint density at radius 2 is 2.13 bits per heavy atom. The van der Waals surface area contributed by atoms with Gasteiger partial charge in [0.1, 0.15) is 11.6 Å². The third-order valence-corrected chi connectivity index (χ3v) is 7.41. The lowest BCUT2D eigenvalue weighted by molar-refractivity contribution is -0.118. The second-order valence-corrected chi connectivity index (χ2v) is 9.38. The Morgan fingerprint density at radius 1 is 1.30 bits per heavy atom. The number of primary amides is 1. The van der Waals surface area contributed by atoms with Crippen molar-refractivity contribution < 1.29 is 14.3 Å². The van der Waals surface area contributed by atoms with Crippen molar-refractivity contribution in [2.45, 2.75) is 32.6 Å². The van der Waals surface area contributed by atoms with Crippen LogP contribution < -0.4 is 15.8 Å². The molecule has 3 N–H and O–H groups in total. The predicted molar refractivity (Wildman–Crippen MR) is 117 cm³/mol. The summed E-state index contributed by atoms with van der Waals surface area (Å²) in [6.07, 6.45) is 5.47. The number of aryl methyl sites for hydroxylation is 2. The van der Waals surface area contributed by atoms with Gasteiger partial charge in [-0.15, -0.1) is 0 Å². The highest BCUT2D eigenvalue weighted by Gasteiger charge is 2.30. The summed E-state index contributed by atoms with van der Waals surface area (Å²) in [5.74, 6) is 1.27. The second-order valence-electron chi connectivity index (χ2n) is 7.59. The normalized spacial score (nSPS) is 14.7. The molecule has 0 aromatic carbocycles. The van der Waals surface area contributed by atoms with Crippen LogP contribution in [0.2, 0.25) is 0 Å². The molecule has 0 unspecified atom stereocenters. The van der Waals surface area contributed by atoms with E-state index in [0.29, 0.717) is 33.7 Å². The number of nitrogens with one attached hydrogen (secondary N) is 1. The molecule has 2 aliphatic rings. The number of hydrogen-bond donors (Lipinski definition) is 2. The molecule has 2 aliphatic carbocycles. The smallest absolute Gasteiger partial charge is 0.259 e.